The zero-order chi connectivity index (χ0) is 43.2. The Kier molecular flexibility index (Phi) is 18.5. The minimum absolute atomic E-state index is 0.00193. The quantitative estimate of drug-likeness (QED) is 0.0741. The van der Waals surface area contributed by atoms with E-state index in [9.17, 15) is 25.2 Å². The fourth-order valence-corrected chi connectivity index (χ4v) is 7.65. The largest absolute Gasteiger partial charge is 0.463 e. The normalized spacial score (nSPS) is 28.6. The highest BCUT2D eigenvalue weighted by Crippen LogP contribution is 2.59. The molecule has 9 unspecified atom stereocenters. The van der Waals surface area contributed by atoms with Crippen LogP contribution in [0.15, 0.2) is 11.6 Å². The first-order chi connectivity index (χ1) is 25.5. The zero-order valence-corrected chi connectivity index (χ0v) is 38.3. The van der Waals surface area contributed by atoms with Crippen LogP contribution < -0.4 is 0 Å². The number of aliphatic hydroxyl groups excluding tert-OH is 4. The van der Waals surface area contributed by atoms with Crippen molar-refractivity contribution in [1.29, 1.82) is 0 Å². The summed E-state index contributed by atoms with van der Waals surface area (Å²) in [5, 5.41) is 48.5. The lowest BCUT2D eigenvalue weighted by atomic mass is 9.85. The molecule has 1 saturated heterocycles. The number of aliphatic hydroxyl groups is 4. The van der Waals surface area contributed by atoms with Gasteiger partial charge < -0.3 is 53.6 Å². The number of hydrogen-bond acceptors (Lipinski definition) is 12. The summed E-state index contributed by atoms with van der Waals surface area (Å²) >= 11 is 0. The van der Waals surface area contributed by atoms with Crippen molar-refractivity contribution in [2.45, 2.75) is 180 Å². The predicted octanol–water partition coefficient (Wildman–Crippen LogP) is 5.00. The number of esters is 1. The van der Waals surface area contributed by atoms with E-state index in [1.54, 1.807) is 41.5 Å². The monoisotopic (exact) mass is 819 g/mol. The molecule has 56 heavy (non-hydrogen) atoms. The number of methoxy groups -OCH3 is 2. The molecule has 0 aromatic heterocycles. The predicted molar refractivity (Wildman–Crippen MR) is 222 cm³/mol. The molecule has 0 bridgehead atoms. The Morgan fingerprint density at radius 1 is 1.00 bits per heavy atom. The van der Waals surface area contributed by atoms with Gasteiger partial charge in [0.25, 0.3) is 0 Å². The van der Waals surface area contributed by atoms with E-state index in [-0.39, 0.29) is 31.0 Å². The Balaban J connectivity index is 2.08. The third kappa shape index (κ3) is 15.1. The van der Waals surface area contributed by atoms with E-state index >= 15 is 0 Å². The highest BCUT2D eigenvalue weighted by molar-refractivity contribution is 8.35. The Hall–Kier alpha value is -1.28. The van der Waals surface area contributed by atoms with Crippen LogP contribution in [0.2, 0.25) is 0 Å². The molecule has 0 amide bonds. The Labute approximate surface area is 340 Å². The molecule has 13 heteroatoms. The molecule has 4 N–H and O–H groups in total. The number of carbonyl (C=O) groups is 1. The molecular formula is C43H78O12S. The van der Waals surface area contributed by atoms with Gasteiger partial charge >= 0.3 is 5.97 Å². The number of allylic oxidation sites excluding steroid dienone is 2. The van der Waals surface area contributed by atoms with E-state index in [2.05, 4.69) is 49.9 Å². The van der Waals surface area contributed by atoms with Crippen LogP contribution >= 0.6 is 10.0 Å². The van der Waals surface area contributed by atoms with Gasteiger partial charge in [-0.3, -0.25) is 0 Å². The van der Waals surface area contributed by atoms with Gasteiger partial charge in [-0.1, -0.05) is 36.7 Å². The maximum atomic E-state index is 13.4. The third-order valence-corrected chi connectivity index (χ3v) is 11.5. The molecule has 1 heterocycles. The summed E-state index contributed by atoms with van der Waals surface area (Å²) in [7, 11) is 1.79. The Morgan fingerprint density at radius 2 is 1.61 bits per heavy atom. The molecule has 1 aliphatic heterocycles. The van der Waals surface area contributed by atoms with Gasteiger partial charge in [0.15, 0.2) is 6.10 Å². The molecule has 0 aromatic rings. The topological polar surface area (TPSA) is 163 Å². The second kappa shape index (κ2) is 20.3. The average Bonchev–Trinajstić information content (AvgIpc) is 3.57. The molecule has 0 radical (unpaired) electrons. The SMILES string of the molecule is COC(C(=O)OCC1C(C=C(C)C)C1(C)C)[C@@H](OC(C)(C)C)C(O)C(O)C[C@H](C)OCCC(C)(C)O[C@@H]1C(CC#CS(C)(C)C)OC(C(C)(C)OC)C(O)C1O. The second-order valence-corrected chi connectivity index (χ2v) is 23.3. The third-order valence-electron chi connectivity index (χ3n) is 10.8. The minimum atomic E-state index is -1.50. The van der Waals surface area contributed by atoms with Gasteiger partial charge in [-0.15, -0.1) is 0 Å². The van der Waals surface area contributed by atoms with Crippen LogP contribution in [0.1, 0.15) is 102 Å². The Bertz CT molecular complexity index is 1330. The van der Waals surface area contributed by atoms with Gasteiger partial charge in [-0.05, 0) is 106 Å². The highest BCUT2D eigenvalue weighted by Gasteiger charge is 2.57. The maximum Gasteiger partial charge on any atom is 0.338 e. The van der Waals surface area contributed by atoms with Crippen LogP contribution in [-0.2, 0) is 38.0 Å². The zero-order valence-electron chi connectivity index (χ0n) is 37.5. The van der Waals surface area contributed by atoms with Crippen molar-refractivity contribution < 1.29 is 58.4 Å². The fourth-order valence-electron chi connectivity index (χ4n) is 7.13. The van der Waals surface area contributed by atoms with Crippen molar-refractivity contribution in [3.05, 3.63) is 11.6 Å². The number of rotatable bonds is 20. The van der Waals surface area contributed by atoms with Crippen molar-refractivity contribution in [1.82, 2.24) is 0 Å². The Morgan fingerprint density at radius 3 is 2.12 bits per heavy atom. The van der Waals surface area contributed by atoms with Crippen LogP contribution in [0.5, 0.6) is 0 Å². The minimum Gasteiger partial charge on any atom is -0.463 e. The van der Waals surface area contributed by atoms with E-state index in [0.29, 0.717) is 18.8 Å². The summed E-state index contributed by atoms with van der Waals surface area (Å²) in [5.74, 6) is 3.01. The van der Waals surface area contributed by atoms with Crippen LogP contribution in [0.25, 0.3) is 0 Å². The lowest BCUT2D eigenvalue weighted by molar-refractivity contribution is -0.286. The van der Waals surface area contributed by atoms with Gasteiger partial charge in [0, 0.05) is 39.6 Å². The van der Waals surface area contributed by atoms with Gasteiger partial charge in [-0.2, -0.15) is 10.0 Å². The summed E-state index contributed by atoms with van der Waals surface area (Å²) in [6.45, 7) is 23.3. The van der Waals surface area contributed by atoms with Gasteiger partial charge in [0.2, 0.25) is 0 Å². The van der Waals surface area contributed by atoms with Crippen LogP contribution in [0.4, 0.5) is 0 Å². The molecule has 2 fully saturated rings. The summed E-state index contributed by atoms with van der Waals surface area (Å²) in [4.78, 5) is 13.4. The van der Waals surface area contributed by atoms with Crippen LogP contribution in [-0.4, -0.2) is 150 Å². The van der Waals surface area contributed by atoms with E-state index in [1.807, 2.05) is 27.7 Å². The summed E-state index contributed by atoms with van der Waals surface area (Å²) < 4.78 is 42.0. The molecular weight excluding hydrogens is 741 g/mol. The molecule has 2 rings (SSSR count). The van der Waals surface area contributed by atoms with Crippen molar-refractivity contribution in [2.24, 2.45) is 17.3 Å². The molecule has 328 valence electrons. The first kappa shape index (κ1) is 50.9. The number of ether oxygens (including phenoxy) is 7. The average molecular weight is 819 g/mol. The van der Waals surface area contributed by atoms with Crippen molar-refractivity contribution in [3.8, 4) is 11.2 Å². The lowest BCUT2D eigenvalue weighted by Gasteiger charge is -2.49. The standard InChI is InChI=1S/C43H78O12S/c1-26(2)23-28-29(42(28,9)10)25-52-39(48)37(49-13)36(54-40(4,5)6)32(45)30(44)24-27(3)51-21-20-41(7,8)55-35-31(19-18-22-56(15,16)17)53-38(34(47)33(35)46)43(11,12)50-14/h23,27-38,44-47H,19-21,24-25H2,1-17H3/t27-,28?,29?,30?,31?,32?,33?,34?,35+,36-,37?,38?/m0/s1. The first-order valence-corrected chi connectivity index (χ1v) is 22.8. The van der Waals surface area contributed by atoms with E-state index < -0.39 is 93.8 Å². The molecule has 0 spiro atoms. The van der Waals surface area contributed by atoms with Crippen molar-refractivity contribution in [3.63, 3.8) is 0 Å². The highest BCUT2D eigenvalue weighted by atomic mass is 32.3. The molecule has 2 aliphatic rings. The maximum absolute atomic E-state index is 13.4. The van der Waals surface area contributed by atoms with Crippen molar-refractivity contribution in [2.75, 3.05) is 46.2 Å². The van der Waals surface area contributed by atoms with Crippen LogP contribution in [0.3, 0.4) is 0 Å². The smallest absolute Gasteiger partial charge is 0.338 e. The van der Waals surface area contributed by atoms with E-state index in [1.165, 1.54) is 19.8 Å². The van der Waals surface area contributed by atoms with Gasteiger partial charge in [0.05, 0.1) is 41.7 Å². The second-order valence-electron chi connectivity index (χ2n) is 19.5. The molecule has 12 atom stereocenters. The van der Waals surface area contributed by atoms with Gasteiger partial charge in [-0.25, -0.2) is 4.79 Å². The number of hydrogen-bond donors (Lipinski definition) is 4. The number of carbonyl (C=O) groups excluding carboxylic acids is 1. The lowest BCUT2D eigenvalue weighted by Crippen LogP contribution is -2.65. The summed E-state index contributed by atoms with van der Waals surface area (Å²) in [5.41, 5.74) is -1.27. The van der Waals surface area contributed by atoms with Crippen LogP contribution in [0, 0.1) is 28.4 Å². The summed E-state index contributed by atoms with van der Waals surface area (Å²) in [6, 6.07) is 0. The first-order valence-electron chi connectivity index (χ1n) is 19.9. The fraction of sp³-hybridized carbons (Fsp3) is 0.884. The van der Waals surface area contributed by atoms with Crippen molar-refractivity contribution >= 4 is 16.0 Å². The molecule has 1 aliphatic carbocycles. The van der Waals surface area contributed by atoms with E-state index in [4.69, 9.17) is 33.2 Å². The summed E-state index contributed by atoms with van der Waals surface area (Å²) in [6.07, 6.45) is -1.45. The molecule has 12 nitrogen and oxygen atoms in total. The van der Waals surface area contributed by atoms with Gasteiger partial charge in [0.1, 0.15) is 36.6 Å². The van der Waals surface area contributed by atoms with E-state index in [0.717, 1.165) is 0 Å². The molecule has 1 saturated carbocycles. The molecule has 0 aromatic carbocycles.